The number of nitrogens with one attached hydrogen (secondary N) is 2. The molecule has 0 saturated heterocycles. The summed E-state index contributed by atoms with van der Waals surface area (Å²) in [5.74, 6) is -0.836. The zero-order chi connectivity index (χ0) is 14.8. The summed E-state index contributed by atoms with van der Waals surface area (Å²) in [6, 6.07) is 9.81. The van der Waals surface area contributed by atoms with Crippen LogP contribution in [-0.2, 0) is 13.0 Å². The Morgan fingerprint density at radius 1 is 1.29 bits per heavy atom. The van der Waals surface area contributed by atoms with Crippen LogP contribution in [-0.4, -0.2) is 12.5 Å². The van der Waals surface area contributed by atoms with Gasteiger partial charge in [-0.15, -0.1) is 0 Å². The summed E-state index contributed by atoms with van der Waals surface area (Å²) >= 11 is 5.71. The molecule has 0 saturated carbocycles. The molecule has 0 spiro atoms. The van der Waals surface area contributed by atoms with Crippen LogP contribution in [0, 0.1) is 5.82 Å². The van der Waals surface area contributed by atoms with Crippen LogP contribution >= 0.6 is 11.6 Å². The van der Waals surface area contributed by atoms with Crippen LogP contribution in [0.15, 0.2) is 36.4 Å². The molecule has 0 aliphatic carbocycles. The van der Waals surface area contributed by atoms with Gasteiger partial charge < -0.3 is 10.6 Å². The van der Waals surface area contributed by atoms with Gasteiger partial charge in [-0.2, -0.15) is 0 Å². The normalized spacial score (nSPS) is 13.6. The van der Waals surface area contributed by atoms with Gasteiger partial charge in [0.15, 0.2) is 0 Å². The van der Waals surface area contributed by atoms with Crippen LogP contribution in [0.5, 0.6) is 0 Å². The lowest BCUT2D eigenvalue weighted by Gasteiger charge is -2.20. The van der Waals surface area contributed by atoms with E-state index in [1.54, 1.807) is 12.1 Å². The minimum Gasteiger partial charge on any atom is -0.319 e. The van der Waals surface area contributed by atoms with E-state index < -0.39 is 5.82 Å². The second-order valence-electron chi connectivity index (χ2n) is 4.95. The molecule has 2 N–H and O–H groups in total. The molecule has 0 bridgehead atoms. The lowest BCUT2D eigenvalue weighted by molar-refractivity contribution is 0.102. The Kier molecular flexibility index (Phi) is 3.90. The number of hydrogen-bond acceptors (Lipinski definition) is 2. The number of fused-ring (bicyclic) bond motifs is 1. The number of anilines is 1. The standard InChI is InChI=1S/C16H14ClFN2O/c17-11-4-5-15(14(18)8-11)20-16(21)13-3-1-2-10-9-19-7-6-12(10)13/h1-5,8,19H,6-7,9H2,(H,20,21). The highest BCUT2D eigenvalue weighted by molar-refractivity contribution is 6.30. The van der Waals surface area contributed by atoms with E-state index in [1.165, 1.54) is 12.1 Å². The first kappa shape index (κ1) is 14.0. The third kappa shape index (κ3) is 2.91. The van der Waals surface area contributed by atoms with E-state index in [0.717, 1.165) is 30.6 Å². The monoisotopic (exact) mass is 304 g/mol. The van der Waals surface area contributed by atoms with Crippen molar-refractivity contribution in [3.63, 3.8) is 0 Å². The number of rotatable bonds is 2. The highest BCUT2D eigenvalue weighted by atomic mass is 35.5. The molecule has 0 atom stereocenters. The molecule has 2 aromatic carbocycles. The van der Waals surface area contributed by atoms with Gasteiger partial charge >= 0.3 is 0 Å². The van der Waals surface area contributed by atoms with Crippen molar-refractivity contribution in [1.29, 1.82) is 0 Å². The summed E-state index contributed by atoms with van der Waals surface area (Å²) in [5, 5.41) is 6.18. The van der Waals surface area contributed by atoms with Crippen molar-refractivity contribution >= 4 is 23.2 Å². The molecule has 1 heterocycles. The van der Waals surface area contributed by atoms with E-state index in [-0.39, 0.29) is 11.6 Å². The first-order valence-corrected chi connectivity index (χ1v) is 7.11. The molecule has 0 unspecified atom stereocenters. The Hall–Kier alpha value is -1.91. The molecule has 1 aliphatic rings. The van der Waals surface area contributed by atoms with Crippen LogP contribution in [0.2, 0.25) is 5.02 Å². The van der Waals surface area contributed by atoms with Crippen molar-refractivity contribution in [2.45, 2.75) is 13.0 Å². The average molecular weight is 305 g/mol. The van der Waals surface area contributed by atoms with E-state index in [4.69, 9.17) is 11.6 Å². The highest BCUT2D eigenvalue weighted by Gasteiger charge is 2.18. The van der Waals surface area contributed by atoms with Gasteiger partial charge in [0.25, 0.3) is 5.91 Å². The van der Waals surface area contributed by atoms with Crippen molar-refractivity contribution in [3.8, 4) is 0 Å². The third-order valence-corrected chi connectivity index (χ3v) is 3.80. The molecule has 5 heteroatoms. The van der Waals surface area contributed by atoms with Crippen molar-refractivity contribution in [3.05, 3.63) is 63.9 Å². The van der Waals surface area contributed by atoms with Gasteiger partial charge in [0, 0.05) is 17.1 Å². The Bertz CT molecular complexity index is 703. The molecule has 0 aromatic heterocycles. The lowest BCUT2D eigenvalue weighted by Crippen LogP contribution is -2.26. The van der Waals surface area contributed by atoms with Crippen LogP contribution in [0.25, 0.3) is 0 Å². The quantitative estimate of drug-likeness (QED) is 0.893. The van der Waals surface area contributed by atoms with Crippen LogP contribution in [0.3, 0.4) is 0 Å². The molecule has 0 radical (unpaired) electrons. The summed E-state index contributed by atoms with van der Waals surface area (Å²) in [6.45, 7) is 1.60. The van der Waals surface area contributed by atoms with Gasteiger partial charge in [-0.05, 0) is 48.4 Å². The summed E-state index contributed by atoms with van der Waals surface area (Å²) in [5.41, 5.74) is 2.88. The fraction of sp³-hybridized carbons (Fsp3) is 0.188. The predicted molar refractivity (Wildman–Crippen MR) is 81.2 cm³/mol. The molecule has 1 amide bonds. The Balaban J connectivity index is 1.89. The first-order chi connectivity index (χ1) is 10.1. The molecule has 2 aromatic rings. The van der Waals surface area contributed by atoms with E-state index in [1.807, 2.05) is 12.1 Å². The smallest absolute Gasteiger partial charge is 0.256 e. The van der Waals surface area contributed by atoms with E-state index in [2.05, 4.69) is 10.6 Å². The minimum atomic E-state index is -0.540. The second-order valence-corrected chi connectivity index (χ2v) is 5.38. The first-order valence-electron chi connectivity index (χ1n) is 6.73. The molecule has 21 heavy (non-hydrogen) atoms. The number of hydrogen-bond donors (Lipinski definition) is 2. The maximum atomic E-state index is 13.8. The molecule has 3 nitrogen and oxygen atoms in total. The van der Waals surface area contributed by atoms with Gasteiger partial charge in [-0.25, -0.2) is 4.39 Å². The lowest BCUT2D eigenvalue weighted by atomic mass is 9.95. The maximum absolute atomic E-state index is 13.8. The second kappa shape index (κ2) is 5.84. The van der Waals surface area contributed by atoms with Crippen molar-refractivity contribution in [1.82, 2.24) is 5.32 Å². The van der Waals surface area contributed by atoms with Crippen molar-refractivity contribution < 1.29 is 9.18 Å². The van der Waals surface area contributed by atoms with Crippen LogP contribution in [0.1, 0.15) is 21.5 Å². The van der Waals surface area contributed by atoms with Crippen molar-refractivity contribution in [2.24, 2.45) is 0 Å². The predicted octanol–water partition coefficient (Wildman–Crippen LogP) is 3.38. The van der Waals surface area contributed by atoms with Gasteiger partial charge in [-0.1, -0.05) is 23.7 Å². The average Bonchev–Trinajstić information content (AvgIpc) is 2.49. The summed E-state index contributed by atoms with van der Waals surface area (Å²) in [6.07, 6.45) is 0.794. The highest BCUT2D eigenvalue weighted by Crippen LogP contribution is 2.22. The largest absolute Gasteiger partial charge is 0.319 e. The molecule has 1 aliphatic heterocycles. The van der Waals surface area contributed by atoms with E-state index in [0.29, 0.717) is 10.6 Å². The summed E-state index contributed by atoms with van der Waals surface area (Å²) in [4.78, 5) is 12.4. The van der Waals surface area contributed by atoms with Gasteiger partial charge in [0.05, 0.1) is 5.69 Å². The Morgan fingerprint density at radius 2 is 2.14 bits per heavy atom. The maximum Gasteiger partial charge on any atom is 0.256 e. The zero-order valence-electron chi connectivity index (χ0n) is 11.2. The van der Waals surface area contributed by atoms with Crippen molar-refractivity contribution in [2.75, 3.05) is 11.9 Å². The fourth-order valence-corrected chi connectivity index (χ4v) is 2.68. The Morgan fingerprint density at radius 3 is 2.95 bits per heavy atom. The van der Waals surface area contributed by atoms with Gasteiger partial charge in [0.2, 0.25) is 0 Å². The van der Waals surface area contributed by atoms with Gasteiger partial charge in [0.1, 0.15) is 5.82 Å². The number of carbonyl (C=O) groups is 1. The summed E-state index contributed by atoms with van der Waals surface area (Å²) in [7, 11) is 0. The van der Waals surface area contributed by atoms with Gasteiger partial charge in [-0.3, -0.25) is 4.79 Å². The molecule has 0 fully saturated rings. The minimum absolute atomic E-state index is 0.135. The van der Waals surface area contributed by atoms with E-state index >= 15 is 0 Å². The topological polar surface area (TPSA) is 41.1 Å². The molecule has 3 rings (SSSR count). The Labute approximate surface area is 127 Å². The third-order valence-electron chi connectivity index (χ3n) is 3.56. The molecular formula is C16H14ClFN2O. The number of amides is 1. The summed E-state index contributed by atoms with van der Waals surface area (Å²) < 4.78 is 13.8. The molecule has 108 valence electrons. The zero-order valence-corrected chi connectivity index (χ0v) is 12.0. The number of benzene rings is 2. The SMILES string of the molecule is O=C(Nc1ccc(Cl)cc1F)c1cccc2c1CCNC2. The van der Waals surface area contributed by atoms with Crippen LogP contribution in [0.4, 0.5) is 10.1 Å². The fourth-order valence-electron chi connectivity index (χ4n) is 2.53. The molecular weight excluding hydrogens is 291 g/mol. The number of carbonyl (C=O) groups excluding carboxylic acids is 1. The van der Waals surface area contributed by atoms with E-state index in [9.17, 15) is 9.18 Å². The number of halogens is 2. The van der Waals surface area contributed by atoms with Crippen LogP contribution < -0.4 is 10.6 Å².